The van der Waals surface area contributed by atoms with Crippen LogP contribution in [0.25, 0.3) is 0 Å². The minimum absolute atomic E-state index is 0.0895. The molecule has 2 atom stereocenters. The molecule has 0 aromatic heterocycles. The van der Waals surface area contributed by atoms with Crippen LogP contribution in [0.15, 0.2) is 0 Å². The van der Waals surface area contributed by atoms with Crippen LogP contribution in [0.1, 0.15) is 52.9 Å². The van der Waals surface area contributed by atoms with Gasteiger partial charge < -0.3 is 9.84 Å². The molecule has 0 saturated carbocycles. The molecule has 106 valence electrons. The highest BCUT2D eigenvalue weighted by atomic mass is 32.2. The van der Waals surface area contributed by atoms with Crippen LogP contribution in [0.5, 0.6) is 0 Å². The summed E-state index contributed by atoms with van der Waals surface area (Å²) in [6.45, 7) is 7.27. The molecule has 2 fully saturated rings. The van der Waals surface area contributed by atoms with E-state index in [9.17, 15) is 5.11 Å². The lowest BCUT2D eigenvalue weighted by atomic mass is 9.68. The zero-order chi connectivity index (χ0) is 13.2. The molecule has 0 radical (unpaired) electrons. The predicted molar refractivity (Wildman–Crippen MR) is 78.0 cm³/mol. The van der Waals surface area contributed by atoms with Crippen molar-refractivity contribution in [1.82, 2.24) is 0 Å². The molecule has 18 heavy (non-hydrogen) atoms. The molecule has 2 heterocycles. The van der Waals surface area contributed by atoms with Crippen LogP contribution in [0, 0.1) is 11.8 Å². The summed E-state index contributed by atoms with van der Waals surface area (Å²) in [5.74, 6) is 3.19. The standard InChI is InChI=1S/C15H28O2S/c1-4-15(16,12(2)3)13-5-8-17-14(11-13)6-9-18-10-7-14/h12-13,16H,4-11H2,1-3H3. The summed E-state index contributed by atoms with van der Waals surface area (Å²) in [6.07, 6.45) is 5.30. The third-order valence-corrected chi connectivity index (χ3v) is 6.16. The number of hydrogen-bond acceptors (Lipinski definition) is 3. The van der Waals surface area contributed by atoms with E-state index >= 15 is 0 Å². The first kappa shape index (κ1) is 14.7. The van der Waals surface area contributed by atoms with E-state index in [-0.39, 0.29) is 5.60 Å². The summed E-state index contributed by atoms with van der Waals surface area (Å²) in [4.78, 5) is 0. The van der Waals surface area contributed by atoms with Crippen molar-refractivity contribution in [2.75, 3.05) is 18.1 Å². The Hall–Kier alpha value is 0.270. The molecule has 1 spiro atoms. The van der Waals surface area contributed by atoms with Crippen molar-refractivity contribution in [3.63, 3.8) is 0 Å². The van der Waals surface area contributed by atoms with Gasteiger partial charge in [0.15, 0.2) is 0 Å². The molecule has 0 bridgehead atoms. The van der Waals surface area contributed by atoms with Crippen molar-refractivity contribution in [2.45, 2.75) is 64.1 Å². The third kappa shape index (κ3) is 2.73. The Balaban J connectivity index is 2.10. The number of ether oxygens (including phenoxy) is 1. The van der Waals surface area contributed by atoms with Crippen LogP contribution in [0.4, 0.5) is 0 Å². The maximum Gasteiger partial charge on any atom is 0.0702 e. The zero-order valence-electron chi connectivity index (χ0n) is 12.1. The monoisotopic (exact) mass is 272 g/mol. The van der Waals surface area contributed by atoms with Crippen molar-refractivity contribution in [1.29, 1.82) is 0 Å². The SMILES string of the molecule is CCC(O)(C(C)C)C1CCOC2(CCSCC2)C1. The van der Waals surface area contributed by atoms with Gasteiger partial charge in [0.25, 0.3) is 0 Å². The fraction of sp³-hybridized carbons (Fsp3) is 1.00. The van der Waals surface area contributed by atoms with Crippen LogP contribution < -0.4 is 0 Å². The van der Waals surface area contributed by atoms with Gasteiger partial charge in [-0.15, -0.1) is 0 Å². The van der Waals surface area contributed by atoms with E-state index in [4.69, 9.17) is 4.74 Å². The lowest BCUT2D eigenvalue weighted by molar-refractivity contribution is -0.159. The van der Waals surface area contributed by atoms with Gasteiger partial charge in [-0.1, -0.05) is 20.8 Å². The first-order valence-electron chi connectivity index (χ1n) is 7.46. The summed E-state index contributed by atoms with van der Waals surface area (Å²) >= 11 is 2.04. The van der Waals surface area contributed by atoms with Gasteiger partial charge in [-0.05, 0) is 55.4 Å². The molecule has 2 aliphatic rings. The second-order valence-corrected chi connectivity index (χ2v) is 7.56. The van der Waals surface area contributed by atoms with Gasteiger partial charge in [-0.2, -0.15) is 11.8 Å². The Kier molecular flexibility index (Phi) is 4.66. The largest absolute Gasteiger partial charge is 0.389 e. The van der Waals surface area contributed by atoms with E-state index in [1.165, 1.54) is 24.3 Å². The molecular weight excluding hydrogens is 244 g/mol. The Morgan fingerprint density at radius 1 is 1.39 bits per heavy atom. The minimum atomic E-state index is -0.499. The van der Waals surface area contributed by atoms with Crippen LogP contribution >= 0.6 is 11.8 Å². The Bertz CT molecular complexity index is 268. The van der Waals surface area contributed by atoms with Crippen LogP contribution in [-0.2, 0) is 4.74 Å². The van der Waals surface area contributed by atoms with E-state index in [0.29, 0.717) is 11.8 Å². The maximum absolute atomic E-state index is 11.0. The molecule has 2 unspecified atom stereocenters. The fourth-order valence-electron chi connectivity index (χ4n) is 3.71. The quantitative estimate of drug-likeness (QED) is 0.853. The highest BCUT2D eigenvalue weighted by Gasteiger charge is 2.46. The van der Waals surface area contributed by atoms with E-state index in [1.807, 2.05) is 11.8 Å². The molecule has 2 nitrogen and oxygen atoms in total. The highest BCUT2D eigenvalue weighted by molar-refractivity contribution is 7.99. The molecule has 2 aliphatic heterocycles. The second-order valence-electron chi connectivity index (χ2n) is 6.33. The molecule has 0 amide bonds. The lowest BCUT2D eigenvalue weighted by Crippen LogP contribution is -2.51. The van der Waals surface area contributed by atoms with Gasteiger partial charge in [-0.25, -0.2) is 0 Å². The van der Waals surface area contributed by atoms with Gasteiger partial charge >= 0.3 is 0 Å². The highest BCUT2D eigenvalue weighted by Crippen LogP contribution is 2.45. The second kappa shape index (κ2) is 5.72. The van der Waals surface area contributed by atoms with Gasteiger partial charge in [-0.3, -0.25) is 0 Å². The van der Waals surface area contributed by atoms with Crippen LogP contribution in [0.3, 0.4) is 0 Å². The molecule has 0 aromatic carbocycles. The molecule has 0 aromatic rings. The summed E-state index contributed by atoms with van der Waals surface area (Å²) in [7, 11) is 0. The van der Waals surface area contributed by atoms with Crippen molar-refractivity contribution >= 4 is 11.8 Å². The van der Waals surface area contributed by atoms with Gasteiger partial charge in [0, 0.05) is 6.61 Å². The molecule has 2 saturated heterocycles. The Labute approximate surface area is 116 Å². The number of aliphatic hydroxyl groups is 1. The van der Waals surface area contributed by atoms with Gasteiger partial charge in [0.2, 0.25) is 0 Å². The topological polar surface area (TPSA) is 29.5 Å². The lowest BCUT2D eigenvalue weighted by Gasteiger charge is -2.49. The maximum atomic E-state index is 11.0. The Morgan fingerprint density at radius 3 is 2.61 bits per heavy atom. The van der Waals surface area contributed by atoms with Gasteiger partial charge in [0.05, 0.1) is 11.2 Å². The normalized spacial score (nSPS) is 31.5. The number of rotatable bonds is 3. The third-order valence-electron chi connectivity index (χ3n) is 5.17. The zero-order valence-corrected chi connectivity index (χ0v) is 12.9. The van der Waals surface area contributed by atoms with Crippen molar-refractivity contribution in [3.05, 3.63) is 0 Å². The van der Waals surface area contributed by atoms with E-state index in [1.54, 1.807) is 0 Å². The number of thioether (sulfide) groups is 1. The van der Waals surface area contributed by atoms with Crippen molar-refractivity contribution in [3.8, 4) is 0 Å². The van der Waals surface area contributed by atoms with Crippen molar-refractivity contribution in [2.24, 2.45) is 11.8 Å². The summed E-state index contributed by atoms with van der Waals surface area (Å²) in [5.41, 5.74) is -0.409. The average molecular weight is 272 g/mol. The molecule has 1 N–H and O–H groups in total. The Morgan fingerprint density at radius 2 is 2.06 bits per heavy atom. The summed E-state index contributed by atoms with van der Waals surface area (Å²) in [5, 5.41) is 11.0. The summed E-state index contributed by atoms with van der Waals surface area (Å²) < 4.78 is 6.13. The molecule has 2 rings (SSSR count). The predicted octanol–water partition coefficient (Wildman–Crippen LogP) is 3.48. The van der Waals surface area contributed by atoms with E-state index in [0.717, 1.165) is 25.9 Å². The molecular formula is C15H28O2S. The molecule has 0 aliphatic carbocycles. The van der Waals surface area contributed by atoms with Crippen LogP contribution in [-0.4, -0.2) is 34.4 Å². The first-order chi connectivity index (χ1) is 8.52. The first-order valence-corrected chi connectivity index (χ1v) is 8.62. The molecule has 3 heteroatoms. The average Bonchev–Trinajstić information content (AvgIpc) is 2.38. The van der Waals surface area contributed by atoms with Crippen molar-refractivity contribution < 1.29 is 9.84 Å². The summed E-state index contributed by atoms with van der Waals surface area (Å²) in [6, 6.07) is 0. The fourth-order valence-corrected chi connectivity index (χ4v) is 4.95. The van der Waals surface area contributed by atoms with Crippen LogP contribution in [0.2, 0.25) is 0 Å². The van der Waals surface area contributed by atoms with E-state index in [2.05, 4.69) is 20.8 Å². The number of hydrogen-bond donors (Lipinski definition) is 1. The smallest absolute Gasteiger partial charge is 0.0702 e. The van der Waals surface area contributed by atoms with E-state index < -0.39 is 5.60 Å². The minimum Gasteiger partial charge on any atom is -0.389 e. The van der Waals surface area contributed by atoms with Gasteiger partial charge in [0.1, 0.15) is 0 Å².